The molecule has 2 amide bonds. The van der Waals surface area contributed by atoms with Gasteiger partial charge >= 0.3 is 0 Å². The van der Waals surface area contributed by atoms with E-state index in [4.69, 9.17) is 9.05 Å². The van der Waals surface area contributed by atoms with E-state index in [-0.39, 0.29) is 23.8 Å². The molecule has 0 spiro atoms. The number of nitrogens with zero attached hydrogens (tertiary/aromatic N) is 3. The number of carbonyl (C=O) groups is 2. The van der Waals surface area contributed by atoms with Crippen molar-refractivity contribution in [2.45, 2.75) is 57.4 Å². The normalized spacial score (nSPS) is 25.3. The van der Waals surface area contributed by atoms with Crippen molar-refractivity contribution in [3.63, 3.8) is 0 Å². The van der Waals surface area contributed by atoms with Gasteiger partial charge in [-0.05, 0) is 38.5 Å². The molecule has 2 aromatic rings. The van der Waals surface area contributed by atoms with Crippen LogP contribution in [0.15, 0.2) is 15.1 Å². The molecule has 1 aliphatic heterocycles. The van der Waals surface area contributed by atoms with Gasteiger partial charge in [0.2, 0.25) is 11.7 Å². The maximum absolute atomic E-state index is 12.8. The Morgan fingerprint density at radius 2 is 2.14 bits per heavy atom. The van der Waals surface area contributed by atoms with E-state index in [9.17, 15) is 9.59 Å². The minimum atomic E-state index is -0.322. The molecule has 8 nitrogen and oxygen atoms in total. The molecule has 3 aliphatic rings. The molecule has 1 saturated carbocycles. The monoisotopic (exact) mass is 384 g/mol. The third kappa shape index (κ3) is 2.91. The first-order valence-electron chi connectivity index (χ1n) is 10.1. The molecule has 1 saturated heterocycles. The summed E-state index contributed by atoms with van der Waals surface area (Å²) in [5.41, 5.74) is 2.41. The SMILES string of the molecule is CCc1cc(CC(=O)N2C[C@@H]3C[C@]3(NC(=O)c3onc4c3CCCC4)C2)on1. The van der Waals surface area contributed by atoms with Crippen LogP contribution >= 0.6 is 0 Å². The van der Waals surface area contributed by atoms with Crippen LogP contribution in [0.25, 0.3) is 0 Å². The number of rotatable bonds is 5. The van der Waals surface area contributed by atoms with Crippen molar-refractivity contribution >= 4 is 11.8 Å². The van der Waals surface area contributed by atoms with Gasteiger partial charge < -0.3 is 19.3 Å². The fourth-order valence-corrected chi connectivity index (χ4v) is 4.59. The fraction of sp³-hybridized carbons (Fsp3) is 0.600. The van der Waals surface area contributed by atoms with Gasteiger partial charge in [0.25, 0.3) is 5.91 Å². The zero-order valence-electron chi connectivity index (χ0n) is 16.0. The topological polar surface area (TPSA) is 101 Å². The smallest absolute Gasteiger partial charge is 0.290 e. The molecular weight excluding hydrogens is 360 g/mol. The fourth-order valence-electron chi connectivity index (χ4n) is 4.59. The number of aryl methyl sites for hydroxylation is 2. The van der Waals surface area contributed by atoms with Crippen LogP contribution in [0.5, 0.6) is 0 Å². The van der Waals surface area contributed by atoms with Gasteiger partial charge in [0.15, 0.2) is 0 Å². The molecule has 5 rings (SSSR count). The highest BCUT2D eigenvalue weighted by Gasteiger charge is 2.62. The average molecular weight is 384 g/mol. The van der Waals surface area contributed by atoms with Gasteiger partial charge in [-0.15, -0.1) is 0 Å². The van der Waals surface area contributed by atoms with Crippen LogP contribution in [0.4, 0.5) is 0 Å². The number of nitrogens with one attached hydrogen (secondary N) is 1. The number of piperidine rings is 1. The van der Waals surface area contributed by atoms with Crippen LogP contribution in [-0.4, -0.2) is 45.7 Å². The maximum atomic E-state index is 12.8. The Kier molecular flexibility index (Phi) is 4.03. The highest BCUT2D eigenvalue weighted by atomic mass is 16.5. The van der Waals surface area contributed by atoms with E-state index in [0.717, 1.165) is 55.5 Å². The predicted molar refractivity (Wildman–Crippen MR) is 97.6 cm³/mol. The third-order valence-corrected chi connectivity index (χ3v) is 6.32. The number of hydrogen-bond donors (Lipinski definition) is 1. The highest BCUT2D eigenvalue weighted by molar-refractivity contribution is 5.94. The Morgan fingerprint density at radius 3 is 2.96 bits per heavy atom. The number of fused-ring (bicyclic) bond motifs is 2. The van der Waals surface area contributed by atoms with Crippen molar-refractivity contribution < 1.29 is 18.6 Å². The Labute approximate surface area is 162 Å². The molecule has 3 heterocycles. The molecule has 8 heteroatoms. The quantitative estimate of drug-likeness (QED) is 0.842. The van der Waals surface area contributed by atoms with Crippen molar-refractivity contribution in [3.05, 3.63) is 34.5 Å². The number of carbonyl (C=O) groups excluding carboxylic acids is 2. The molecule has 0 bridgehead atoms. The summed E-state index contributed by atoms with van der Waals surface area (Å²) in [6, 6.07) is 1.83. The lowest BCUT2D eigenvalue weighted by atomic mass is 9.96. The van der Waals surface area contributed by atoms with Crippen LogP contribution in [-0.2, 0) is 30.5 Å². The van der Waals surface area contributed by atoms with Crippen molar-refractivity contribution in [2.24, 2.45) is 5.92 Å². The number of amides is 2. The van der Waals surface area contributed by atoms with Gasteiger partial charge in [-0.25, -0.2) is 0 Å². The summed E-state index contributed by atoms with van der Waals surface area (Å²) in [5.74, 6) is 1.06. The van der Waals surface area contributed by atoms with Gasteiger partial charge in [-0.2, -0.15) is 0 Å². The molecule has 0 unspecified atom stereocenters. The van der Waals surface area contributed by atoms with Gasteiger partial charge in [-0.3, -0.25) is 9.59 Å². The summed E-state index contributed by atoms with van der Waals surface area (Å²) in [4.78, 5) is 27.2. The lowest BCUT2D eigenvalue weighted by molar-refractivity contribution is -0.130. The zero-order chi connectivity index (χ0) is 19.3. The lowest BCUT2D eigenvalue weighted by Crippen LogP contribution is -2.44. The van der Waals surface area contributed by atoms with Crippen LogP contribution in [0, 0.1) is 5.92 Å². The molecule has 28 heavy (non-hydrogen) atoms. The molecule has 2 fully saturated rings. The molecule has 2 atom stereocenters. The van der Waals surface area contributed by atoms with Crippen molar-refractivity contribution in [1.29, 1.82) is 0 Å². The van der Waals surface area contributed by atoms with Crippen molar-refractivity contribution in [3.8, 4) is 0 Å². The summed E-state index contributed by atoms with van der Waals surface area (Å²) >= 11 is 0. The van der Waals surface area contributed by atoms with Crippen molar-refractivity contribution in [2.75, 3.05) is 13.1 Å². The predicted octanol–water partition coefficient (Wildman–Crippen LogP) is 1.68. The van der Waals surface area contributed by atoms with Gasteiger partial charge in [0, 0.05) is 30.6 Å². The van der Waals surface area contributed by atoms with E-state index < -0.39 is 0 Å². The first-order chi connectivity index (χ1) is 13.6. The van der Waals surface area contributed by atoms with Crippen LogP contribution in [0.3, 0.4) is 0 Å². The first kappa shape index (κ1) is 17.5. The van der Waals surface area contributed by atoms with Gasteiger partial charge in [0.05, 0.1) is 23.3 Å². The first-order valence-corrected chi connectivity index (χ1v) is 10.1. The van der Waals surface area contributed by atoms with E-state index in [1.54, 1.807) is 0 Å². The zero-order valence-corrected chi connectivity index (χ0v) is 16.0. The van der Waals surface area contributed by atoms with E-state index in [1.807, 2.05) is 17.9 Å². The Balaban J connectivity index is 1.22. The second kappa shape index (κ2) is 6.46. The molecule has 148 valence electrons. The second-order valence-corrected chi connectivity index (χ2v) is 8.24. The Morgan fingerprint density at radius 1 is 1.29 bits per heavy atom. The lowest BCUT2D eigenvalue weighted by Gasteiger charge is -2.21. The standard InChI is InChI=1S/C20H24N4O4/c1-2-13-7-14(27-22-13)8-17(25)24-10-12-9-20(12,11-24)21-19(26)18-15-5-3-4-6-16(15)23-28-18/h7,12H,2-6,8-11H2,1H3,(H,21,26)/t12-,20-/m0/s1. The maximum Gasteiger partial charge on any atom is 0.290 e. The Bertz CT molecular complexity index is 933. The minimum Gasteiger partial charge on any atom is -0.361 e. The molecule has 0 aromatic carbocycles. The molecule has 2 aliphatic carbocycles. The molecule has 2 aromatic heterocycles. The third-order valence-electron chi connectivity index (χ3n) is 6.32. The summed E-state index contributed by atoms with van der Waals surface area (Å²) < 4.78 is 10.6. The minimum absolute atomic E-state index is 0.0108. The van der Waals surface area contributed by atoms with Crippen molar-refractivity contribution in [1.82, 2.24) is 20.5 Å². The van der Waals surface area contributed by atoms with E-state index in [0.29, 0.717) is 30.5 Å². The number of aromatic nitrogens is 2. The summed E-state index contributed by atoms with van der Waals surface area (Å²) in [6.45, 7) is 3.20. The summed E-state index contributed by atoms with van der Waals surface area (Å²) in [5, 5.41) is 11.1. The summed E-state index contributed by atoms with van der Waals surface area (Å²) in [7, 11) is 0. The summed E-state index contributed by atoms with van der Waals surface area (Å²) in [6.07, 6.45) is 5.77. The second-order valence-electron chi connectivity index (χ2n) is 8.24. The van der Waals surface area contributed by atoms with Gasteiger partial charge in [-0.1, -0.05) is 17.2 Å². The van der Waals surface area contributed by atoms with Crippen LogP contribution in [0.1, 0.15) is 59.5 Å². The van der Waals surface area contributed by atoms with E-state index >= 15 is 0 Å². The largest absolute Gasteiger partial charge is 0.361 e. The average Bonchev–Trinajstić information content (AvgIpc) is 3.11. The molecule has 0 radical (unpaired) electrons. The van der Waals surface area contributed by atoms with Crippen LogP contribution in [0.2, 0.25) is 0 Å². The highest BCUT2D eigenvalue weighted by Crippen LogP contribution is 2.49. The van der Waals surface area contributed by atoms with E-state index in [1.165, 1.54) is 0 Å². The van der Waals surface area contributed by atoms with Crippen LogP contribution < -0.4 is 5.32 Å². The number of hydrogen-bond acceptors (Lipinski definition) is 6. The Hall–Kier alpha value is -2.64. The van der Waals surface area contributed by atoms with Gasteiger partial charge in [0.1, 0.15) is 5.76 Å². The molecular formula is C20H24N4O4. The van der Waals surface area contributed by atoms with E-state index in [2.05, 4.69) is 15.6 Å². The molecule has 1 N–H and O–H groups in total. The number of likely N-dealkylation sites (tertiary alicyclic amines) is 1.